The number of amides is 1. The molecule has 0 saturated carbocycles. The maximum atomic E-state index is 13.0. The number of nitrogens with zero attached hydrogens (tertiary/aromatic N) is 3. The van der Waals surface area contributed by atoms with Crippen molar-refractivity contribution in [3.8, 4) is 0 Å². The number of ether oxygens (including phenoxy) is 1. The lowest BCUT2D eigenvalue weighted by atomic mass is 9.96. The third-order valence-corrected chi connectivity index (χ3v) is 5.66. The fourth-order valence-electron chi connectivity index (χ4n) is 4.02. The summed E-state index contributed by atoms with van der Waals surface area (Å²) in [5, 5.41) is 7.37. The third kappa shape index (κ3) is 3.77. The van der Waals surface area contributed by atoms with Crippen LogP contribution >= 0.6 is 0 Å². The summed E-state index contributed by atoms with van der Waals surface area (Å²) in [5.74, 6) is -0.890. The topological polar surface area (TPSA) is 91.3 Å². The first-order valence-electron chi connectivity index (χ1n) is 10.2. The Morgan fingerprint density at radius 2 is 2.06 bits per heavy atom. The van der Waals surface area contributed by atoms with Crippen LogP contribution < -0.4 is 11.1 Å². The maximum Gasteiger partial charge on any atom is 0.419 e. The average molecular weight is 418 g/mol. The van der Waals surface area contributed by atoms with Crippen LogP contribution in [0.3, 0.4) is 0 Å². The van der Waals surface area contributed by atoms with Crippen molar-refractivity contribution >= 4 is 22.7 Å². The Hall–Kier alpha value is -3.65. The van der Waals surface area contributed by atoms with Crippen molar-refractivity contribution in [1.82, 2.24) is 14.3 Å². The van der Waals surface area contributed by atoms with Crippen molar-refractivity contribution < 1.29 is 13.9 Å². The lowest BCUT2D eigenvalue weighted by molar-refractivity contribution is -0.121. The molecule has 31 heavy (non-hydrogen) atoms. The number of nitrogens with one attached hydrogen (secondary N) is 1. The van der Waals surface area contributed by atoms with Gasteiger partial charge in [-0.2, -0.15) is 5.10 Å². The average Bonchev–Trinajstić information content (AvgIpc) is 3.49. The van der Waals surface area contributed by atoms with E-state index in [1.165, 1.54) is 4.57 Å². The molecule has 2 aromatic carbocycles. The van der Waals surface area contributed by atoms with E-state index < -0.39 is 5.76 Å². The summed E-state index contributed by atoms with van der Waals surface area (Å²) in [6.07, 6.45) is 3.99. The number of hydrogen-bond donors (Lipinski definition) is 1. The van der Waals surface area contributed by atoms with Crippen LogP contribution in [0.2, 0.25) is 0 Å². The minimum Gasteiger partial charge on any atom is -0.408 e. The summed E-state index contributed by atoms with van der Waals surface area (Å²) < 4.78 is 14.4. The Labute approximate surface area is 178 Å². The molecule has 0 radical (unpaired) electrons. The van der Waals surface area contributed by atoms with E-state index in [2.05, 4.69) is 22.5 Å². The maximum absolute atomic E-state index is 13.0. The second-order valence-corrected chi connectivity index (χ2v) is 7.74. The van der Waals surface area contributed by atoms with E-state index in [0.29, 0.717) is 36.4 Å². The van der Waals surface area contributed by atoms with Gasteiger partial charge in [0.2, 0.25) is 5.91 Å². The molecule has 1 aliphatic heterocycles. The molecule has 0 spiro atoms. The lowest BCUT2D eigenvalue weighted by Crippen LogP contribution is -2.25. The molecule has 2 atom stereocenters. The van der Waals surface area contributed by atoms with Crippen LogP contribution in [0.25, 0.3) is 11.1 Å². The van der Waals surface area contributed by atoms with Crippen LogP contribution in [0.5, 0.6) is 0 Å². The van der Waals surface area contributed by atoms with Crippen LogP contribution in [0.1, 0.15) is 23.7 Å². The fourth-order valence-corrected chi connectivity index (χ4v) is 4.02. The molecule has 4 aromatic rings. The molecular formula is C23H22N4O4. The Kier molecular flexibility index (Phi) is 4.91. The molecule has 5 rings (SSSR count). The van der Waals surface area contributed by atoms with Crippen molar-refractivity contribution in [2.75, 3.05) is 11.9 Å². The van der Waals surface area contributed by atoms with Crippen molar-refractivity contribution in [2.45, 2.75) is 19.1 Å². The smallest absolute Gasteiger partial charge is 0.408 e. The zero-order valence-corrected chi connectivity index (χ0v) is 17.0. The second-order valence-electron chi connectivity index (χ2n) is 7.74. The minimum atomic E-state index is -0.435. The number of carbonyl (C=O) groups is 1. The minimum absolute atomic E-state index is 0.129. The SMILES string of the molecule is Cn1c(=O)oc2cc(NC(=O)[C@H]3CCO[C@@H]3c3cnn(Cc4ccccc4)c3)ccc21. The standard InChI is InChI=1S/C23H22N4O4/c1-26-19-8-7-17(11-20(19)31-23(26)29)25-22(28)18-9-10-30-21(18)16-12-24-27(14-16)13-15-5-3-2-4-6-15/h2-8,11-12,14,18,21H,9-10,13H2,1H3,(H,25,28)/t18-,21+/m0/s1. The number of aryl methyl sites for hydroxylation is 1. The van der Waals surface area contributed by atoms with Crippen LogP contribution in [0.4, 0.5) is 5.69 Å². The van der Waals surface area contributed by atoms with E-state index in [1.807, 2.05) is 29.1 Å². The Bertz CT molecular complexity index is 1290. The summed E-state index contributed by atoms with van der Waals surface area (Å²) in [6.45, 7) is 1.17. The molecule has 0 unspecified atom stereocenters. The van der Waals surface area contributed by atoms with E-state index in [0.717, 1.165) is 11.1 Å². The number of hydrogen-bond acceptors (Lipinski definition) is 5. The van der Waals surface area contributed by atoms with Gasteiger partial charge in [-0.1, -0.05) is 30.3 Å². The van der Waals surface area contributed by atoms with E-state index in [9.17, 15) is 9.59 Å². The van der Waals surface area contributed by atoms with Gasteiger partial charge in [0.25, 0.3) is 0 Å². The van der Waals surface area contributed by atoms with Gasteiger partial charge in [0.15, 0.2) is 5.58 Å². The van der Waals surface area contributed by atoms with E-state index >= 15 is 0 Å². The molecule has 1 amide bonds. The van der Waals surface area contributed by atoms with Gasteiger partial charge in [-0.05, 0) is 24.1 Å². The first kappa shape index (κ1) is 19.3. The molecule has 0 bridgehead atoms. The summed E-state index contributed by atoms with van der Waals surface area (Å²) in [7, 11) is 1.64. The van der Waals surface area contributed by atoms with Crippen LogP contribution in [0, 0.1) is 5.92 Å². The fraction of sp³-hybridized carbons (Fsp3) is 0.261. The molecule has 1 aliphatic rings. The third-order valence-electron chi connectivity index (χ3n) is 5.66. The molecule has 8 nitrogen and oxygen atoms in total. The zero-order chi connectivity index (χ0) is 21.4. The van der Waals surface area contributed by atoms with Gasteiger partial charge < -0.3 is 14.5 Å². The first-order chi connectivity index (χ1) is 15.1. The van der Waals surface area contributed by atoms with Gasteiger partial charge in [0.05, 0.1) is 30.3 Å². The first-order valence-corrected chi connectivity index (χ1v) is 10.2. The normalized spacial score (nSPS) is 18.5. The summed E-state index contributed by atoms with van der Waals surface area (Å²) in [5.41, 5.74) is 3.74. The Morgan fingerprint density at radius 1 is 1.23 bits per heavy atom. The molecular weight excluding hydrogens is 396 g/mol. The van der Waals surface area contributed by atoms with E-state index in [-0.39, 0.29) is 17.9 Å². The Balaban J connectivity index is 1.31. The van der Waals surface area contributed by atoms with Gasteiger partial charge in [0, 0.05) is 37.2 Å². The highest BCUT2D eigenvalue weighted by atomic mass is 16.5. The van der Waals surface area contributed by atoms with Crippen molar-refractivity contribution in [2.24, 2.45) is 13.0 Å². The van der Waals surface area contributed by atoms with Gasteiger partial charge >= 0.3 is 5.76 Å². The molecule has 8 heteroatoms. The van der Waals surface area contributed by atoms with Gasteiger partial charge in [-0.25, -0.2) is 4.79 Å². The molecule has 1 fully saturated rings. The number of carbonyl (C=O) groups excluding carboxylic acids is 1. The van der Waals surface area contributed by atoms with Crippen LogP contribution in [-0.2, 0) is 23.1 Å². The Morgan fingerprint density at radius 3 is 2.90 bits per heavy atom. The van der Waals surface area contributed by atoms with Crippen molar-refractivity contribution in [1.29, 1.82) is 0 Å². The molecule has 2 aromatic heterocycles. The molecule has 0 aliphatic carbocycles. The predicted molar refractivity (Wildman–Crippen MR) is 115 cm³/mol. The lowest BCUT2D eigenvalue weighted by Gasteiger charge is -2.17. The van der Waals surface area contributed by atoms with Gasteiger partial charge in [0.1, 0.15) is 0 Å². The molecule has 3 heterocycles. The predicted octanol–water partition coefficient (Wildman–Crippen LogP) is 3.09. The monoisotopic (exact) mass is 418 g/mol. The number of fused-ring (bicyclic) bond motifs is 1. The number of aromatic nitrogens is 3. The number of anilines is 1. The largest absolute Gasteiger partial charge is 0.419 e. The van der Waals surface area contributed by atoms with Crippen molar-refractivity contribution in [3.63, 3.8) is 0 Å². The quantitative estimate of drug-likeness (QED) is 0.538. The second kappa shape index (κ2) is 7.88. The highest BCUT2D eigenvalue weighted by Gasteiger charge is 2.36. The van der Waals surface area contributed by atoms with E-state index in [4.69, 9.17) is 9.15 Å². The van der Waals surface area contributed by atoms with Crippen LogP contribution in [-0.4, -0.2) is 26.9 Å². The number of rotatable bonds is 5. The zero-order valence-electron chi connectivity index (χ0n) is 17.0. The van der Waals surface area contributed by atoms with Gasteiger partial charge in [-0.3, -0.25) is 14.0 Å². The molecule has 1 saturated heterocycles. The van der Waals surface area contributed by atoms with Gasteiger partial charge in [-0.15, -0.1) is 0 Å². The van der Waals surface area contributed by atoms with E-state index in [1.54, 1.807) is 31.4 Å². The highest BCUT2D eigenvalue weighted by molar-refractivity contribution is 5.94. The number of oxazole rings is 1. The molecule has 1 N–H and O–H groups in total. The molecule has 158 valence electrons. The number of benzene rings is 2. The summed E-state index contributed by atoms with van der Waals surface area (Å²) in [6, 6.07) is 15.3. The van der Waals surface area contributed by atoms with Crippen LogP contribution in [0.15, 0.2) is 70.1 Å². The highest BCUT2D eigenvalue weighted by Crippen LogP contribution is 2.35. The van der Waals surface area contributed by atoms with Crippen molar-refractivity contribution in [3.05, 3.63) is 82.6 Å². The summed E-state index contributed by atoms with van der Waals surface area (Å²) in [4.78, 5) is 24.7. The summed E-state index contributed by atoms with van der Waals surface area (Å²) >= 11 is 0.